The average Bonchev–Trinajstić information content (AvgIpc) is 2.37. The van der Waals surface area contributed by atoms with E-state index in [-0.39, 0.29) is 11.3 Å². The molecule has 0 fully saturated rings. The summed E-state index contributed by atoms with van der Waals surface area (Å²) < 4.78 is 0. The predicted octanol–water partition coefficient (Wildman–Crippen LogP) is 3.92. The molecule has 0 bridgehead atoms. The maximum Gasteiger partial charge on any atom is 0.336 e. The van der Waals surface area contributed by atoms with E-state index < -0.39 is 10.9 Å². The Bertz CT molecular complexity index is 712. The first-order valence-corrected chi connectivity index (χ1v) is 6.06. The molecule has 0 aromatic heterocycles. The van der Waals surface area contributed by atoms with Gasteiger partial charge in [0, 0.05) is 22.7 Å². The molecular weight excluding hydrogens is 282 g/mol. The number of hydrogen-bond donors (Lipinski definition) is 1. The lowest BCUT2D eigenvalue weighted by atomic mass is 9.95. The number of halogens is 1. The lowest BCUT2D eigenvalue weighted by molar-refractivity contribution is -0.384. The Balaban J connectivity index is 2.72. The highest BCUT2D eigenvalue weighted by Crippen LogP contribution is 2.31. The summed E-state index contributed by atoms with van der Waals surface area (Å²) in [6.45, 7) is 1.77. The van der Waals surface area contributed by atoms with Gasteiger partial charge in [0.2, 0.25) is 0 Å². The van der Waals surface area contributed by atoms with Gasteiger partial charge < -0.3 is 5.11 Å². The van der Waals surface area contributed by atoms with Crippen molar-refractivity contribution in [2.24, 2.45) is 0 Å². The van der Waals surface area contributed by atoms with Gasteiger partial charge in [0.15, 0.2) is 0 Å². The van der Waals surface area contributed by atoms with Gasteiger partial charge in [-0.25, -0.2) is 4.79 Å². The van der Waals surface area contributed by atoms with E-state index >= 15 is 0 Å². The standard InChI is InChI=1S/C14H10ClNO4/c1-8-6-9(15)2-4-11(8)13-7-10(16(19)20)3-5-12(13)14(17)18/h2-7H,1H3,(H,17,18). The fourth-order valence-corrected chi connectivity index (χ4v) is 2.21. The third-order valence-electron chi connectivity index (χ3n) is 2.92. The summed E-state index contributed by atoms with van der Waals surface area (Å²) >= 11 is 5.86. The molecule has 0 aliphatic carbocycles. The summed E-state index contributed by atoms with van der Waals surface area (Å²) in [4.78, 5) is 21.5. The number of non-ortho nitro benzene ring substituents is 1. The molecule has 0 spiro atoms. The third-order valence-corrected chi connectivity index (χ3v) is 3.16. The highest BCUT2D eigenvalue weighted by Gasteiger charge is 2.17. The number of aryl methyl sites for hydroxylation is 1. The van der Waals surface area contributed by atoms with Crippen molar-refractivity contribution in [3.05, 3.63) is 62.7 Å². The van der Waals surface area contributed by atoms with Crippen LogP contribution in [0.25, 0.3) is 11.1 Å². The number of hydrogen-bond acceptors (Lipinski definition) is 3. The fourth-order valence-electron chi connectivity index (χ4n) is 1.98. The number of nitro groups is 1. The number of aromatic carboxylic acids is 1. The summed E-state index contributed by atoms with van der Waals surface area (Å²) in [6.07, 6.45) is 0. The minimum Gasteiger partial charge on any atom is -0.478 e. The molecule has 2 rings (SSSR count). The molecule has 0 aliphatic heterocycles. The van der Waals surface area contributed by atoms with Crippen LogP contribution in [0, 0.1) is 17.0 Å². The van der Waals surface area contributed by atoms with Gasteiger partial charge in [-0.3, -0.25) is 10.1 Å². The lowest BCUT2D eigenvalue weighted by Crippen LogP contribution is -2.01. The van der Waals surface area contributed by atoms with Crippen molar-refractivity contribution in [2.45, 2.75) is 6.92 Å². The fraction of sp³-hybridized carbons (Fsp3) is 0.0714. The van der Waals surface area contributed by atoms with E-state index in [0.717, 1.165) is 5.56 Å². The van der Waals surface area contributed by atoms with Gasteiger partial charge in [0.25, 0.3) is 5.69 Å². The molecule has 2 aromatic rings. The monoisotopic (exact) mass is 291 g/mol. The molecule has 0 atom stereocenters. The number of carboxylic acid groups (broad SMARTS) is 1. The Labute approximate surface area is 119 Å². The van der Waals surface area contributed by atoms with Crippen LogP contribution < -0.4 is 0 Å². The van der Waals surface area contributed by atoms with Crippen molar-refractivity contribution in [1.29, 1.82) is 0 Å². The van der Waals surface area contributed by atoms with Crippen molar-refractivity contribution >= 4 is 23.3 Å². The molecule has 20 heavy (non-hydrogen) atoms. The smallest absolute Gasteiger partial charge is 0.336 e. The SMILES string of the molecule is Cc1cc(Cl)ccc1-c1cc([N+](=O)[O-])ccc1C(=O)O. The number of rotatable bonds is 3. The highest BCUT2D eigenvalue weighted by atomic mass is 35.5. The van der Waals surface area contributed by atoms with Crippen LogP contribution in [-0.4, -0.2) is 16.0 Å². The summed E-state index contributed by atoms with van der Waals surface area (Å²) in [5, 5.41) is 20.6. The van der Waals surface area contributed by atoms with Gasteiger partial charge >= 0.3 is 5.97 Å². The third kappa shape index (κ3) is 2.62. The van der Waals surface area contributed by atoms with Crippen LogP contribution in [0.15, 0.2) is 36.4 Å². The topological polar surface area (TPSA) is 80.4 Å². The van der Waals surface area contributed by atoms with Gasteiger partial charge in [0.05, 0.1) is 10.5 Å². The van der Waals surface area contributed by atoms with E-state index in [1.165, 1.54) is 18.2 Å². The molecule has 0 amide bonds. The normalized spacial score (nSPS) is 10.3. The van der Waals surface area contributed by atoms with Gasteiger partial charge in [-0.2, -0.15) is 0 Å². The number of nitrogens with zero attached hydrogens (tertiary/aromatic N) is 1. The minimum atomic E-state index is -1.13. The zero-order valence-corrected chi connectivity index (χ0v) is 11.2. The second-order valence-electron chi connectivity index (χ2n) is 4.25. The zero-order chi connectivity index (χ0) is 14.9. The Morgan fingerprint density at radius 1 is 1.20 bits per heavy atom. The van der Waals surface area contributed by atoms with Crippen molar-refractivity contribution < 1.29 is 14.8 Å². The average molecular weight is 292 g/mol. The van der Waals surface area contributed by atoms with E-state index in [1.807, 2.05) is 0 Å². The summed E-state index contributed by atoms with van der Waals surface area (Å²) in [7, 11) is 0. The van der Waals surface area contributed by atoms with Crippen LogP contribution in [0.2, 0.25) is 5.02 Å². The Kier molecular flexibility index (Phi) is 3.72. The quantitative estimate of drug-likeness (QED) is 0.686. The van der Waals surface area contributed by atoms with E-state index in [9.17, 15) is 20.0 Å². The molecular formula is C14H10ClNO4. The maximum atomic E-state index is 11.3. The van der Waals surface area contributed by atoms with E-state index in [4.69, 9.17) is 11.6 Å². The first kappa shape index (κ1) is 14.0. The van der Waals surface area contributed by atoms with Crippen molar-refractivity contribution in [3.63, 3.8) is 0 Å². The number of carboxylic acids is 1. The summed E-state index contributed by atoms with van der Waals surface area (Å²) in [5.41, 5.74) is 1.53. The summed E-state index contributed by atoms with van der Waals surface area (Å²) in [6, 6.07) is 8.64. The Morgan fingerprint density at radius 2 is 1.90 bits per heavy atom. The van der Waals surface area contributed by atoms with Crippen molar-refractivity contribution in [3.8, 4) is 11.1 Å². The van der Waals surface area contributed by atoms with E-state index in [0.29, 0.717) is 16.1 Å². The van der Waals surface area contributed by atoms with Crippen molar-refractivity contribution in [1.82, 2.24) is 0 Å². The van der Waals surface area contributed by atoms with Crippen LogP contribution in [0.3, 0.4) is 0 Å². The highest BCUT2D eigenvalue weighted by molar-refractivity contribution is 6.30. The summed E-state index contributed by atoms with van der Waals surface area (Å²) in [5.74, 6) is -1.13. The first-order valence-electron chi connectivity index (χ1n) is 5.68. The predicted molar refractivity (Wildman–Crippen MR) is 75.2 cm³/mol. The Morgan fingerprint density at radius 3 is 2.45 bits per heavy atom. The molecule has 6 heteroatoms. The minimum absolute atomic E-state index is 0.0148. The molecule has 0 saturated carbocycles. The molecule has 0 heterocycles. The second kappa shape index (κ2) is 5.30. The largest absolute Gasteiger partial charge is 0.478 e. The van der Waals surface area contributed by atoms with E-state index in [1.54, 1.807) is 25.1 Å². The lowest BCUT2D eigenvalue weighted by Gasteiger charge is -2.09. The first-order chi connectivity index (χ1) is 9.40. The molecule has 0 unspecified atom stereocenters. The second-order valence-corrected chi connectivity index (χ2v) is 4.69. The zero-order valence-electron chi connectivity index (χ0n) is 10.5. The molecule has 2 aromatic carbocycles. The van der Waals surface area contributed by atoms with Crippen LogP contribution in [-0.2, 0) is 0 Å². The van der Waals surface area contributed by atoms with Gasteiger partial charge in [-0.1, -0.05) is 17.7 Å². The van der Waals surface area contributed by atoms with Crippen LogP contribution in [0.5, 0.6) is 0 Å². The Hall–Kier alpha value is -2.40. The van der Waals surface area contributed by atoms with Gasteiger partial charge in [-0.05, 0) is 36.2 Å². The number of benzene rings is 2. The maximum absolute atomic E-state index is 11.3. The molecule has 1 N–H and O–H groups in total. The van der Waals surface area contributed by atoms with E-state index in [2.05, 4.69) is 0 Å². The molecule has 102 valence electrons. The molecule has 0 aliphatic rings. The number of carbonyl (C=O) groups is 1. The van der Waals surface area contributed by atoms with Crippen LogP contribution in [0.1, 0.15) is 15.9 Å². The van der Waals surface area contributed by atoms with Crippen LogP contribution in [0.4, 0.5) is 5.69 Å². The molecule has 5 nitrogen and oxygen atoms in total. The molecule has 0 saturated heterocycles. The van der Waals surface area contributed by atoms with Crippen molar-refractivity contribution in [2.75, 3.05) is 0 Å². The number of nitro benzene ring substituents is 1. The van der Waals surface area contributed by atoms with Gasteiger partial charge in [0.1, 0.15) is 0 Å². The van der Waals surface area contributed by atoms with Gasteiger partial charge in [-0.15, -0.1) is 0 Å². The van der Waals surface area contributed by atoms with Crippen LogP contribution >= 0.6 is 11.6 Å². The molecule has 0 radical (unpaired) electrons.